The number of carbonyl (C=O) groups is 3. The van der Waals surface area contributed by atoms with Crippen molar-refractivity contribution in [2.45, 2.75) is 18.7 Å². The van der Waals surface area contributed by atoms with E-state index in [1.807, 2.05) is 54.6 Å². The Morgan fingerprint density at radius 1 is 0.939 bits per heavy atom. The molecule has 10 heteroatoms. The van der Waals surface area contributed by atoms with Crippen LogP contribution in [0.5, 0.6) is 0 Å². The van der Waals surface area contributed by atoms with E-state index in [0.717, 1.165) is 11.1 Å². The molecular formula is C23H22N4O4S2. The van der Waals surface area contributed by atoms with Crippen LogP contribution in [-0.2, 0) is 16.1 Å². The summed E-state index contributed by atoms with van der Waals surface area (Å²) in [5.74, 6) is 1.58. The number of H-pyrrole nitrogens is 1. The number of ether oxygens (including phenoxy) is 1. The molecule has 2 saturated heterocycles. The van der Waals surface area contributed by atoms with Crippen molar-refractivity contribution in [3.8, 4) is 0 Å². The molecule has 1 N–H and O–H groups in total. The number of hydrogen-bond acceptors (Lipinski definition) is 7. The van der Waals surface area contributed by atoms with Crippen LogP contribution in [0, 0.1) is 0 Å². The highest BCUT2D eigenvalue weighted by Gasteiger charge is 2.44. The van der Waals surface area contributed by atoms with E-state index in [4.69, 9.17) is 4.74 Å². The van der Waals surface area contributed by atoms with Gasteiger partial charge in [-0.05, 0) is 17.7 Å². The molecule has 8 nitrogen and oxygen atoms in total. The maximum atomic E-state index is 13.4. The summed E-state index contributed by atoms with van der Waals surface area (Å²) in [6, 6.07) is 15.6. The molecule has 2 atom stereocenters. The molecule has 33 heavy (non-hydrogen) atoms. The molecular weight excluding hydrogens is 460 g/mol. The molecule has 2 amide bonds. The lowest BCUT2D eigenvalue weighted by Gasteiger charge is -2.29. The summed E-state index contributed by atoms with van der Waals surface area (Å²) in [4.78, 5) is 49.9. The number of aromatic amines is 1. The Morgan fingerprint density at radius 2 is 1.64 bits per heavy atom. The zero-order valence-corrected chi connectivity index (χ0v) is 19.3. The normalized spacial score (nSPS) is 20.4. The molecule has 0 bridgehead atoms. The van der Waals surface area contributed by atoms with Gasteiger partial charge in [-0.3, -0.25) is 14.5 Å². The van der Waals surface area contributed by atoms with Crippen LogP contribution in [0.25, 0.3) is 11.0 Å². The number of para-hydroxylation sites is 2. The number of rotatable bonds is 5. The number of Topliss-reactive ketones (excluding diaryl/α,β-unsaturated/α-hetero) is 1. The van der Waals surface area contributed by atoms with Crippen molar-refractivity contribution >= 4 is 52.3 Å². The SMILES string of the molecule is O=C(c1nc2ccccc2[nH]1)C1CSCN1C(=O)[C@@H]1CSCN1C(=O)OCc1ccccc1. The lowest BCUT2D eigenvalue weighted by molar-refractivity contribution is -0.134. The molecule has 2 aliphatic rings. The van der Waals surface area contributed by atoms with Crippen molar-refractivity contribution in [3.63, 3.8) is 0 Å². The van der Waals surface area contributed by atoms with Crippen LogP contribution in [0.15, 0.2) is 54.6 Å². The number of amides is 2. The number of nitrogens with one attached hydrogen (secondary N) is 1. The Morgan fingerprint density at radius 3 is 2.42 bits per heavy atom. The van der Waals surface area contributed by atoms with E-state index in [1.54, 1.807) is 4.90 Å². The van der Waals surface area contributed by atoms with Gasteiger partial charge in [0, 0.05) is 11.5 Å². The Hall–Kier alpha value is -2.98. The van der Waals surface area contributed by atoms with E-state index < -0.39 is 18.2 Å². The summed E-state index contributed by atoms with van der Waals surface area (Å²) in [5, 5.41) is 0. The number of fused-ring (bicyclic) bond motifs is 1. The minimum atomic E-state index is -0.650. The van der Waals surface area contributed by atoms with Gasteiger partial charge in [-0.1, -0.05) is 42.5 Å². The summed E-state index contributed by atoms with van der Waals surface area (Å²) in [6.45, 7) is 0.147. The highest BCUT2D eigenvalue weighted by atomic mass is 32.2. The zero-order chi connectivity index (χ0) is 22.8. The molecule has 170 valence electrons. The maximum Gasteiger partial charge on any atom is 0.411 e. The van der Waals surface area contributed by atoms with Gasteiger partial charge < -0.3 is 14.6 Å². The fraction of sp³-hybridized carbons (Fsp3) is 0.304. The van der Waals surface area contributed by atoms with Crippen LogP contribution in [0.1, 0.15) is 16.2 Å². The summed E-state index contributed by atoms with van der Waals surface area (Å²) in [5.41, 5.74) is 2.38. The Kier molecular flexibility index (Phi) is 6.28. The topological polar surface area (TPSA) is 95.6 Å². The first-order valence-corrected chi connectivity index (χ1v) is 12.8. The summed E-state index contributed by atoms with van der Waals surface area (Å²) in [7, 11) is 0. The predicted octanol–water partition coefficient (Wildman–Crippen LogP) is 3.36. The van der Waals surface area contributed by atoms with Gasteiger partial charge in [0.2, 0.25) is 11.7 Å². The van der Waals surface area contributed by atoms with Gasteiger partial charge in [0.05, 0.1) is 22.8 Å². The number of nitrogens with zero attached hydrogens (tertiary/aromatic N) is 3. The van der Waals surface area contributed by atoms with E-state index in [2.05, 4.69) is 9.97 Å². The monoisotopic (exact) mass is 482 g/mol. The predicted molar refractivity (Wildman–Crippen MR) is 128 cm³/mol. The molecule has 0 aliphatic carbocycles. The fourth-order valence-corrected chi connectivity index (χ4v) is 6.22. The van der Waals surface area contributed by atoms with Gasteiger partial charge in [0.25, 0.3) is 0 Å². The van der Waals surface area contributed by atoms with Crippen LogP contribution < -0.4 is 0 Å². The number of thioether (sulfide) groups is 2. The van der Waals surface area contributed by atoms with Crippen molar-refractivity contribution in [2.75, 3.05) is 23.3 Å². The minimum Gasteiger partial charge on any atom is -0.445 e. The second kappa shape index (κ2) is 9.48. The number of imidazole rings is 1. The Balaban J connectivity index is 1.28. The summed E-state index contributed by atoms with van der Waals surface area (Å²) in [6.07, 6.45) is -0.519. The molecule has 1 unspecified atom stereocenters. The summed E-state index contributed by atoms with van der Waals surface area (Å²) < 4.78 is 5.45. The Bertz CT molecular complexity index is 1150. The van der Waals surface area contributed by atoms with Gasteiger partial charge in [0.15, 0.2) is 5.82 Å². The average molecular weight is 483 g/mol. The van der Waals surface area contributed by atoms with E-state index >= 15 is 0 Å². The van der Waals surface area contributed by atoms with Crippen LogP contribution in [0.2, 0.25) is 0 Å². The van der Waals surface area contributed by atoms with Crippen molar-refractivity contribution < 1.29 is 19.1 Å². The first kappa shape index (κ1) is 21.8. The molecule has 2 aliphatic heterocycles. The second-order valence-electron chi connectivity index (χ2n) is 7.82. The molecule has 2 fully saturated rings. The van der Waals surface area contributed by atoms with Gasteiger partial charge in [-0.15, -0.1) is 23.5 Å². The average Bonchev–Trinajstić information content (AvgIpc) is 3.61. The Labute approximate surface area is 199 Å². The smallest absolute Gasteiger partial charge is 0.411 e. The van der Waals surface area contributed by atoms with E-state index in [1.165, 1.54) is 28.4 Å². The van der Waals surface area contributed by atoms with Crippen molar-refractivity contribution in [2.24, 2.45) is 0 Å². The van der Waals surface area contributed by atoms with Crippen LogP contribution in [-0.4, -0.2) is 72.9 Å². The molecule has 0 spiro atoms. The lowest BCUT2D eigenvalue weighted by Crippen LogP contribution is -2.52. The third-order valence-electron chi connectivity index (χ3n) is 5.70. The fourth-order valence-electron chi connectivity index (χ4n) is 3.93. The number of aromatic nitrogens is 2. The molecule has 2 aromatic carbocycles. The minimum absolute atomic E-state index is 0.147. The van der Waals surface area contributed by atoms with E-state index in [9.17, 15) is 14.4 Å². The number of carbonyl (C=O) groups excluding carboxylic acids is 3. The molecule has 5 rings (SSSR count). The van der Waals surface area contributed by atoms with E-state index in [-0.39, 0.29) is 24.1 Å². The highest BCUT2D eigenvalue weighted by molar-refractivity contribution is 7.99. The van der Waals surface area contributed by atoms with Crippen molar-refractivity contribution in [3.05, 3.63) is 66.0 Å². The number of hydrogen-bond donors (Lipinski definition) is 1. The molecule has 1 aromatic heterocycles. The van der Waals surface area contributed by atoms with Crippen LogP contribution >= 0.6 is 23.5 Å². The second-order valence-corrected chi connectivity index (χ2v) is 9.82. The largest absolute Gasteiger partial charge is 0.445 e. The maximum absolute atomic E-state index is 13.4. The molecule has 0 radical (unpaired) electrons. The van der Waals surface area contributed by atoms with Gasteiger partial charge in [-0.25, -0.2) is 9.78 Å². The third kappa shape index (κ3) is 4.45. The number of benzene rings is 2. The zero-order valence-electron chi connectivity index (χ0n) is 17.7. The third-order valence-corrected chi connectivity index (χ3v) is 7.72. The number of ketones is 1. The molecule has 0 saturated carbocycles. The van der Waals surface area contributed by atoms with Crippen LogP contribution in [0.3, 0.4) is 0 Å². The standard InChI is InChI=1S/C23H22N4O4S2/c28-20(21-24-16-8-4-5-9-17(16)25-21)18-11-32-13-26(18)22(29)19-12-33-14-27(19)23(30)31-10-15-6-2-1-3-7-15/h1-9,18-19H,10-14H2,(H,24,25)/t18?,19-/m0/s1. The first-order chi connectivity index (χ1) is 16.1. The quantitative estimate of drug-likeness (QED) is 0.557. The van der Waals surface area contributed by atoms with Gasteiger partial charge >= 0.3 is 6.09 Å². The van der Waals surface area contributed by atoms with Crippen LogP contribution in [0.4, 0.5) is 4.79 Å². The lowest BCUT2D eigenvalue weighted by atomic mass is 10.1. The highest BCUT2D eigenvalue weighted by Crippen LogP contribution is 2.29. The molecule has 3 aromatic rings. The van der Waals surface area contributed by atoms with Crippen molar-refractivity contribution in [1.82, 2.24) is 19.8 Å². The van der Waals surface area contributed by atoms with Crippen molar-refractivity contribution in [1.29, 1.82) is 0 Å². The van der Waals surface area contributed by atoms with E-state index in [0.29, 0.717) is 28.8 Å². The molecule has 3 heterocycles. The first-order valence-electron chi connectivity index (χ1n) is 10.5. The van der Waals surface area contributed by atoms with Gasteiger partial charge in [-0.2, -0.15) is 0 Å². The summed E-state index contributed by atoms with van der Waals surface area (Å²) >= 11 is 3.03. The van der Waals surface area contributed by atoms with Gasteiger partial charge in [0.1, 0.15) is 18.7 Å².